The van der Waals surface area contributed by atoms with Crippen molar-refractivity contribution in [2.75, 3.05) is 0 Å². The molecule has 2 N–H and O–H groups in total. The summed E-state index contributed by atoms with van der Waals surface area (Å²) < 4.78 is 13.3. The first-order valence-electron chi connectivity index (χ1n) is 14.1. The van der Waals surface area contributed by atoms with Crippen LogP contribution in [0.3, 0.4) is 0 Å². The molecule has 2 amide bonds. The van der Waals surface area contributed by atoms with E-state index in [1.54, 1.807) is 12.1 Å². The average molecular weight is 516 g/mol. The van der Waals surface area contributed by atoms with Crippen molar-refractivity contribution in [1.29, 1.82) is 0 Å². The minimum absolute atomic E-state index is 0.0389. The van der Waals surface area contributed by atoms with E-state index in [0.717, 1.165) is 18.4 Å². The molecule has 0 spiro atoms. The Morgan fingerprint density at radius 1 is 1.00 bits per heavy atom. The van der Waals surface area contributed by atoms with Crippen LogP contribution < -0.4 is 10.6 Å². The second-order valence-corrected chi connectivity index (χ2v) is 12.7. The lowest BCUT2D eigenvalue weighted by molar-refractivity contribution is -0.185. The fourth-order valence-electron chi connectivity index (χ4n) is 6.84. The van der Waals surface area contributed by atoms with Gasteiger partial charge in [-0.05, 0) is 67.1 Å². The van der Waals surface area contributed by atoms with Crippen LogP contribution >= 0.6 is 0 Å². The normalized spacial score (nSPS) is 28.7. The Morgan fingerprint density at radius 3 is 2.29 bits per heavy atom. The maximum atomic E-state index is 13.8. The van der Waals surface area contributed by atoms with Gasteiger partial charge in [0, 0.05) is 12.0 Å². The molecular weight excluding hydrogens is 475 g/mol. The third kappa shape index (κ3) is 5.28. The first-order valence-corrected chi connectivity index (χ1v) is 14.1. The largest absolute Gasteiger partial charge is 0.481 e. The molecule has 4 fully saturated rings. The minimum Gasteiger partial charge on any atom is -0.404 e. The number of benzene rings is 2. The number of nitrogens with one attached hydrogen (secondary N) is 2. The van der Waals surface area contributed by atoms with Gasteiger partial charge in [0.15, 0.2) is 0 Å². The highest BCUT2D eigenvalue weighted by atomic mass is 16.7. The molecule has 1 saturated heterocycles. The molecule has 2 bridgehead atoms. The SMILES string of the molecule is CC(C)C[C@H](NC(=O)[C@H](Cc1ccccc1)NC(=O)c1ccccc1)B1O[C@@H]2[C@@H]3C[C@H](C[C@]2(C)O1)C3(C)C. The van der Waals surface area contributed by atoms with Crippen molar-refractivity contribution in [2.24, 2.45) is 23.2 Å². The summed E-state index contributed by atoms with van der Waals surface area (Å²) in [4.78, 5) is 26.8. The van der Waals surface area contributed by atoms with E-state index in [9.17, 15) is 9.59 Å². The molecule has 3 saturated carbocycles. The maximum Gasteiger partial charge on any atom is 0.481 e. The van der Waals surface area contributed by atoms with Crippen LogP contribution in [0.2, 0.25) is 0 Å². The molecule has 38 heavy (non-hydrogen) atoms. The van der Waals surface area contributed by atoms with Gasteiger partial charge in [0.05, 0.1) is 17.6 Å². The van der Waals surface area contributed by atoms with Gasteiger partial charge in [-0.15, -0.1) is 0 Å². The number of hydrogen-bond donors (Lipinski definition) is 2. The number of rotatable bonds is 9. The molecule has 1 heterocycles. The third-order valence-corrected chi connectivity index (χ3v) is 9.15. The zero-order valence-electron chi connectivity index (χ0n) is 23.3. The summed E-state index contributed by atoms with van der Waals surface area (Å²) >= 11 is 0. The van der Waals surface area contributed by atoms with Crippen molar-refractivity contribution in [1.82, 2.24) is 10.6 Å². The maximum absolute atomic E-state index is 13.8. The van der Waals surface area contributed by atoms with Gasteiger partial charge in [0.2, 0.25) is 5.91 Å². The van der Waals surface area contributed by atoms with Crippen LogP contribution in [0.25, 0.3) is 0 Å². The predicted octanol–water partition coefficient (Wildman–Crippen LogP) is 4.83. The van der Waals surface area contributed by atoms with Gasteiger partial charge < -0.3 is 19.9 Å². The van der Waals surface area contributed by atoms with Gasteiger partial charge in [-0.25, -0.2) is 0 Å². The lowest BCUT2D eigenvalue weighted by Crippen LogP contribution is -2.63. The van der Waals surface area contributed by atoms with E-state index >= 15 is 0 Å². The van der Waals surface area contributed by atoms with E-state index in [1.807, 2.05) is 48.5 Å². The second-order valence-electron chi connectivity index (χ2n) is 12.7. The van der Waals surface area contributed by atoms with Crippen molar-refractivity contribution in [3.63, 3.8) is 0 Å². The Morgan fingerprint density at radius 2 is 1.66 bits per heavy atom. The van der Waals surface area contributed by atoms with E-state index in [2.05, 4.69) is 45.3 Å². The first kappa shape index (κ1) is 27.0. The summed E-state index contributed by atoms with van der Waals surface area (Å²) in [6.45, 7) is 11.2. The lowest BCUT2D eigenvalue weighted by atomic mass is 9.45. The molecule has 7 heteroatoms. The van der Waals surface area contributed by atoms with Crippen molar-refractivity contribution in [3.05, 3.63) is 71.8 Å². The quantitative estimate of drug-likeness (QED) is 0.469. The molecule has 1 aliphatic heterocycles. The molecule has 3 aliphatic carbocycles. The summed E-state index contributed by atoms with van der Waals surface area (Å²) in [5, 5.41) is 6.22. The van der Waals surface area contributed by atoms with Gasteiger partial charge in [-0.1, -0.05) is 76.2 Å². The Bertz CT molecular complexity index is 1140. The van der Waals surface area contributed by atoms with Gasteiger partial charge in [-0.3, -0.25) is 9.59 Å². The zero-order valence-corrected chi connectivity index (χ0v) is 23.3. The van der Waals surface area contributed by atoms with Crippen LogP contribution in [0, 0.1) is 23.2 Å². The van der Waals surface area contributed by atoms with Crippen LogP contribution in [0.5, 0.6) is 0 Å². The van der Waals surface area contributed by atoms with E-state index in [-0.39, 0.29) is 34.9 Å². The van der Waals surface area contributed by atoms with E-state index < -0.39 is 13.2 Å². The monoisotopic (exact) mass is 516 g/mol. The smallest absolute Gasteiger partial charge is 0.404 e. The van der Waals surface area contributed by atoms with Crippen molar-refractivity contribution in [2.45, 2.75) is 84.0 Å². The molecule has 0 aromatic heterocycles. The van der Waals surface area contributed by atoms with Gasteiger partial charge in [0.1, 0.15) is 6.04 Å². The first-order chi connectivity index (χ1) is 18.1. The predicted molar refractivity (Wildman–Crippen MR) is 149 cm³/mol. The molecule has 0 unspecified atom stereocenters. The standard InChI is InChI=1S/C31H41BN2O4/c1-20(2)16-26(32-37-27-24-18-23(30(24,3)4)19-31(27,5)38-32)34-29(36)25(17-21-12-8-6-9-13-21)33-28(35)22-14-10-7-11-15-22/h6-15,20,23-27H,16-19H2,1-5H3,(H,33,35)(H,34,36)/t23-,24+,25+,26+,27-,31+/m1/s1. The Hall–Kier alpha value is -2.64. The molecular formula is C31H41BN2O4. The topological polar surface area (TPSA) is 76.7 Å². The highest BCUT2D eigenvalue weighted by Crippen LogP contribution is 2.64. The highest BCUT2D eigenvalue weighted by molar-refractivity contribution is 6.48. The van der Waals surface area contributed by atoms with Gasteiger partial charge in [0.25, 0.3) is 5.91 Å². The zero-order chi connectivity index (χ0) is 27.1. The average Bonchev–Trinajstić information content (AvgIpc) is 3.26. The van der Waals surface area contributed by atoms with E-state index in [0.29, 0.717) is 29.7 Å². The summed E-state index contributed by atoms with van der Waals surface area (Å²) in [7, 11) is -0.506. The number of amides is 2. The van der Waals surface area contributed by atoms with Crippen molar-refractivity contribution in [3.8, 4) is 0 Å². The van der Waals surface area contributed by atoms with Gasteiger partial charge >= 0.3 is 7.12 Å². The summed E-state index contributed by atoms with van der Waals surface area (Å²) in [5.41, 5.74) is 1.45. The molecule has 6 rings (SSSR count). The lowest BCUT2D eigenvalue weighted by Gasteiger charge is -2.63. The molecule has 4 aliphatic rings. The van der Waals surface area contributed by atoms with Crippen LogP contribution in [-0.4, -0.2) is 42.6 Å². The Kier molecular flexibility index (Phi) is 7.45. The molecule has 2 aromatic rings. The molecule has 6 atom stereocenters. The Labute approximate surface area is 227 Å². The van der Waals surface area contributed by atoms with Crippen LogP contribution in [-0.2, 0) is 20.5 Å². The highest BCUT2D eigenvalue weighted by Gasteiger charge is 2.67. The molecule has 2 aromatic carbocycles. The van der Waals surface area contributed by atoms with Crippen molar-refractivity contribution >= 4 is 18.9 Å². The number of hydrogen-bond acceptors (Lipinski definition) is 4. The molecule has 202 valence electrons. The van der Waals surface area contributed by atoms with E-state index in [1.165, 1.54) is 6.42 Å². The van der Waals surface area contributed by atoms with Crippen LogP contribution in [0.15, 0.2) is 60.7 Å². The molecule has 6 nitrogen and oxygen atoms in total. The Balaban J connectivity index is 1.34. The van der Waals surface area contributed by atoms with Crippen LogP contribution in [0.4, 0.5) is 0 Å². The fourth-order valence-corrected chi connectivity index (χ4v) is 6.84. The van der Waals surface area contributed by atoms with E-state index in [4.69, 9.17) is 9.31 Å². The van der Waals surface area contributed by atoms with Gasteiger partial charge in [-0.2, -0.15) is 0 Å². The second kappa shape index (κ2) is 10.5. The molecule has 0 radical (unpaired) electrons. The minimum atomic E-state index is -0.731. The summed E-state index contributed by atoms with van der Waals surface area (Å²) in [6.07, 6.45) is 3.34. The van der Waals surface area contributed by atoms with Crippen LogP contribution in [0.1, 0.15) is 69.8 Å². The third-order valence-electron chi connectivity index (χ3n) is 9.15. The number of carbonyl (C=O) groups is 2. The fraction of sp³-hybridized carbons (Fsp3) is 0.548. The van der Waals surface area contributed by atoms with Crippen molar-refractivity contribution < 1.29 is 18.9 Å². The number of carbonyl (C=O) groups excluding carboxylic acids is 2. The summed E-state index contributed by atoms with van der Waals surface area (Å²) in [6, 6.07) is 18.1. The summed E-state index contributed by atoms with van der Waals surface area (Å²) in [5.74, 6) is 0.661.